The lowest BCUT2D eigenvalue weighted by molar-refractivity contribution is 0.103. The fraction of sp³-hybridized carbons (Fsp3) is 0.333. The summed E-state index contributed by atoms with van der Waals surface area (Å²) < 4.78 is 38.2. The largest absolute Gasteiger partial charge is 0.497 e. The molecule has 0 spiro atoms. The van der Waals surface area contributed by atoms with Crippen LogP contribution < -0.4 is 19.8 Å². The highest BCUT2D eigenvalue weighted by Gasteiger charge is 2.19. The van der Waals surface area contributed by atoms with Crippen LogP contribution in [0.3, 0.4) is 0 Å². The minimum Gasteiger partial charge on any atom is -0.497 e. The first-order valence-electron chi connectivity index (χ1n) is 15.3. The van der Waals surface area contributed by atoms with Crippen LogP contribution in [0.25, 0.3) is 0 Å². The van der Waals surface area contributed by atoms with E-state index in [9.17, 15) is 9.90 Å². The van der Waals surface area contributed by atoms with Gasteiger partial charge in [0.1, 0.15) is 22.3 Å². The van der Waals surface area contributed by atoms with Gasteiger partial charge in [-0.2, -0.15) is 0 Å². The third-order valence-electron chi connectivity index (χ3n) is 6.75. The van der Waals surface area contributed by atoms with Crippen LogP contribution in [0.5, 0.6) is 5.75 Å². The van der Waals surface area contributed by atoms with Crippen molar-refractivity contribution in [1.29, 1.82) is 0 Å². The first kappa shape index (κ1) is 24.8. The Hall–Kier alpha value is -3.77. The van der Waals surface area contributed by atoms with Crippen LogP contribution >= 0.6 is 22.9 Å². The molecule has 1 aliphatic rings. The molecule has 0 atom stereocenters. The van der Waals surface area contributed by atoms with E-state index < -0.39 is 13.1 Å². The molecule has 3 heterocycles. The zero-order chi connectivity index (χ0) is 33.2. The number of nitrogens with zero attached hydrogens (tertiary/aromatic N) is 6. The van der Waals surface area contributed by atoms with E-state index >= 15 is 0 Å². The molecule has 1 saturated heterocycles. The molecular weight excluding hydrogens is 574 g/mol. The van der Waals surface area contributed by atoms with Crippen LogP contribution in [-0.2, 0) is 6.54 Å². The number of amides is 1. The molecule has 0 aliphatic carbocycles. The second kappa shape index (κ2) is 13.5. The van der Waals surface area contributed by atoms with Crippen LogP contribution in [0.15, 0.2) is 59.7 Å². The van der Waals surface area contributed by atoms with E-state index in [1.165, 1.54) is 16.2 Å². The number of benzene rings is 2. The number of thiazole rings is 1. The molecular formula is C30H34ClN7O3S. The van der Waals surface area contributed by atoms with Gasteiger partial charge >= 0.3 is 0 Å². The topological polar surface area (TPSA) is 108 Å². The van der Waals surface area contributed by atoms with Crippen molar-refractivity contribution in [3.05, 3.63) is 86.4 Å². The number of piperazine rings is 1. The number of aryl methyl sites for hydroxylation is 2. The monoisotopic (exact) mass is 611 g/mol. The van der Waals surface area contributed by atoms with Crippen molar-refractivity contribution < 1.29 is 20.1 Å². The van der Waals surface area contributed by atoms with Gasteiger partial charge in [-0.25, -0.2) is 15.0 Å². The summed E-state index contributed by atoms with van der Waals surface area (Å²) in [7, 11) is 1.61. The number of β-amino-alcohol motifs (C(OH)–C–C–N with tert-alkyl or cyclic N) is 1. The maximum atomic E-state index is 13.4. The lowest BCUT2D eigenvalue weighted by Crippen LogP contribution is -2.47. The molecule has 2 aromatic heterocycles. The van der Waals surface area contributed by atoms with Crippen molar-refractivity contribution in [2.45, 2.75) is 20.4 Å². The van der Waals surface area contributed by atoms with Crippen molar-refractivity contribution in [2.75, 3.05) is 56.6 Å². The molecule has 1 fully saturated rings. The average molecular weight is 612 g/mol. The molecule has 5 rings (SSSR count). The Bertz CT molecular complexity index is 1770. The van der Waals surface area contributed by atoms with Gasteiger partial charge in [0.05, 0.1) is 27.1 Å². The maximum Gasteiger partial charge on any atom is 0.267 e. The third-order valence-corrected chi connectivity index (χ3v) is 8.08. The molecule has 0 saturated carbocycles. The zero-order valence-electron chi connectivity index (χ0n) is 27.5. The SMILES string of the molecule is [2H]C([2H])(O)C([2H])([2H])N1CCN(c2cc(/N=c3\sc(C(=O)Nc4c(C)cccc4Cl)cn3Cc3ccc(OC)cc3)nc(C)n2)CC1. The molecule has 1 aliphatic heterocycles. The fourth-order valence-electron chi connectivity index (χ4n) is 4.55. The second-order valence-electron chi connectivity index (χ2n) is 9.68. The maximum absolute atomic E-state index is 13.4. The van der Waals surface area contributed by atoms with E-state index in [2.05, 4.69) is 15.3 Å². The number of nitrogens with one attached hydrogen (secondary N) is 1. The van der Waals surface area contributed by atoms with E-state index in [1.54, 1.807) is 32.4 Å². The van der Waals surface area contributed by atoms with E-state index in [0.29, 0.717) is 57.5 Å². The summed E-state index contributed by atoms with van der Waals surface area (Å²) in [6.45, 7) is -0.419. The Morgan fingerprint density at radius 2 is 1.93 bits per heavy atom. The van der Waals surface area contributed by atoms with Gasteiger partial charge in [0, 0.05) is 54.2 Å². The predicted octanol–water partition coefficient (Wildman–Crippen LogP) is 4.27. The standard InChI is InChI=1S/C30H34ClN7O3S/c1-20-5-4-6-24(31)28(20)35-29(40)25-19-38(18-22-7-9-23(41-3)10-8-22)30(42-25)34-26-17-27(33-21(2)32-26)37-13-11-36(12-14-37)15-16-39/h4-10,17,19,39H,11-16,18H2,1-3H3,(H,35,40)/b34-30-/i15D2,16D2. The van der Waals surface area contributed by atoms with Gasteiger partial charge in [-0.1, -0.05) is 47.2 Å². The lowest BCUT2D eigenvalue weighted by Gasteiger charge is -2.35. The minimum absolute atomic E-state index is 0.179. The molecule has 4 aromatic rings. The summed E-state index contributed by atoms with van der Waals surface area (Å²) in [5.41, 5.74) is 2.35. The number of carbonyl (C=O) groups excluding carboxylic acids is 1. The van der Waals surface area contributed by atoms with Crippen molar-refractivity contribution in [1.82, 2.24) is 19.4 Å². The number of hydrogen-bond acceptors (Lipinski definition) is 9. The van der Waals surface area contributed by atoms with Crippen LogP contribution in [0.4, 0.5) is 17.3 Å². The Labute approximate surface area is 259 Å². The zero-order valence-corrected chi connectivity index (χ0v) is 25.0. The third kappa shape index (κ3) is 7.16. The minimum atomic E-state index is -3.00. The van der Waals surface area contributed by atoms with Crippen LogP contribution in [-0.4, -0.2) is 76.8 Å². The van der Waals surface area contributed by atoms with Crippen molar-refractivity contribution in [2.24, 2.45) is 4.99 Å². The molecule has 10 nitrogen and oxygen atoms in total. The second-order valence-corrected chi connectivity index (χ2v) is 11.1. The first-order valence-corrected chi connectivity index (χ1v) is 14.5. The quantitative estimate of drug-likeness (QED) is 0.291. The van der Waals surface area contributed by atoms with E-state index in [-0.39, 0.29) is 19.0 Å². The fourth-order valence-corrected chi connectivity index (χ4v) is 5.71. The number of carbonyl (C=O) groups is 1. The van der Waals surface area contributed by atoms with E-state index in [0.717, 1.165) is 16.9 Å². The number of methoxy groups -OCH3 is 1. The van der Waals surface area contributed by atoms with Crippen LogP contribution in [0.2, 0.25) is 5.02 Å². The predicted molar refractivity (Wildman–Crippen MR) is 166 cm³/mol. The van der Waals surface area contributed by atoms with Gasteiger partial charge < -0.3 is 24.6 Å². The number of aromatic nitrogens is 3. The first-order chi connectivity index (χ1) is 21.7. The summed E-state index contributed by atoms with van der Waals surface area (Å²) in [5, 5.41) is 13.1. The number of ether oxygens (including phenoxy) is 1. The Morgan fingerprint density at radius 3 is 2.62 bits per heavy atom. The van der Waals surface area contributed by atoms with Gasteiger partial charge in [0.15, 0.2) is 10.6 Å². The number of halogens is 1. The molecule has 1 amide bonds. The molecule has 2 N–H and O–H groups in total. The molecule has 0 radical (unpaired) electrons. The lowest BCUT2D eigenvalue weighted by atomic mass is 10.2. The van der Waals surface area contributed by atoms with Crippen LogP contribution in [0.1, 0.15) is 32.1 Å². The highest BCUT2D eigenvalue weighted by atomic mass is 35.5. The Balaban J connectivity index is 1.46. The van der Waals surface area contributed by atoms with Crippen molar-refractivity contribution >= 4 is 46.2 Å². The molecule has 2 aromatic carbocycles. The summed E-state index contributed by atoms with van der Waals surface area (Å²) in [6, 6.07) is 14.8. The number of rotatable bonds is 9. The van der Waals surface area contributed by atoms with Gasteiger partial charge in [-0.3, -0.25) is 9.69 Å². The van der Waals surface area contributed by atoms with Gasteiger partial charge in [-0.05, 0) is 43.2 Å². The average Bonchev–Trinajstić information content (AvgIpc) is 3.40. The van der Waals surface area contributed by atoms with Crippen LogP contribution in [0, 0.1) is 13.8 Å². The highest BCUT2D eigenvalue weighted by molar-refractivity contribution is 7.11. The summed E-state index contributed by atoms with van der Waals surface area (Å²) in [6.07, 6.45) is 1.75. The molecule has 0 unspecified atom stereocenters. The molecule has 0 bridgehead atoms. The van der Waals surface area contributed by atoms with E-state index in [1.807, 2.05) is 52.8 Å². The van der Waals surface area contributed by atoms with Gasteiger partial charge in [-0.15, -0.1) is 0 Å². The Kier molecular flexibility index (Phi) is 7.95. The van der Waals surface area contributed by atoms with E-state index in [4.69, 9.17) is 26.8 Å². The van der Waals surface area contributed by atoms with Gasteiger partial charge in [0.25, 0.3) is 5.91 Å². The number of para-hydroxylation sites is 1. The normalized spacial score (nSPS) is 16.4. The summed E-state index contributed by atoms with van der Waals surface area (Å²) in [5.74, 6) is 1.85. The number of anilines is 2. The molecule has 42 heavy (non-hydrogen) atoms. The molecule has 220 valence electrons. The summed E-state index contributed by atoms with van der Waals surface area (Å²) in [4.78, 5) is 31.5. The number of hydrogen-bond donors (Lipinski definition) is 2. The van der Waals surface area contributed by atoms with Gasteiger partial charge in [0.2, 0.25) is 0 Å². The highest BCUT2D eigenvalue weighted by Crippen LogP contribution is 2.26. The summed E-state index contributed by atoms with van der Waals surface area (Å²) >= 11 is 7.58. The smallest absolute Gasteiger partial charge is 0.267 e. The Morgan fingerprint density at radius 1 is 1.17 bits per heavy atom. The number of aliphatic hydroxyl groups is 1. The molecule has 12 heteroatoms. The van der Waals surface area contributed by atoms with Crippen molar-refractivity contribution in [3.63, 3.8) is 0 Å². The van der Waals surface area contributed by atoms with Crippen molar-refractivity contribution in [3.8, 4) is 5.75 Å².